The van der Waals surface area contributed by atoms with Crippen molar-refractivity contribution in [1.82, 2.24) is 10.2 Å². The lowest BCUT2D eigenvalue weighted by molar-refractivity contribution is -0.137. The Hall–Kier alpha value is -2.14. The first kappa shape index (κ1) is 31.9. The molecule has 0 aromatic carbocycles. The average molecular weight is 513 g/mol. The Bertz CT molecular complexity index is 730. The summed E-state index contributed by atoms with van der Waals surface area (Å²) in [4.78, 5) is 47.2. The SMILES string of the molecule is CCC(=O)CCC(C)(C)OCCC(C)(C)OCCOCCOCCNC(=O)CCN1C(=O)C=CC1=O. The zero-order valence-corrected chi connectivity index (χ0v) is 22.6. The van der Waals surface area contributed by atoms with E-state index in [9.17, 15) is 19.2 Å². The van der Waals surface area contributed by atoms with Crippen molar-refractivity contribution in [3.8, 4) is 0 Å². The van der Waals surface area contributed by atoms with Crippen LogP contribution in [0.1, 0.15) is 66.7 Å². The molecule has 0 spiro atoms. The highest BCUT2D eigenvalue weighted by Crippen LogP contribution is 2.21. The van der Waals surface area contributed by atoms with Gasteiger partial charge in [0.25, 0.3) is 11.8 Å². The van der Waals surface area contributed by atoms with Crippen LogP contribution in [-0.2, 0) is 38.1 Å². The molecule has 0 aliphatic carbocycles. The second-order valence-corrected chi connectivity index (χ2v) is 9.84. The van der Waals surface area contributed by atoms with Gasteiger partial charge in [0.15, 0.2) is 0 Å². The summed E-state index contributed by atoms with van der Waals surface area (Å²) in [6, 6.07) is 0. The van der Waals surface area contributed by atoms with Gasteiger partial charge in [0, 0.05) is 44.5 Å². The molecule has 1 aliphatic rings. The van der Waals surface area contributed by atoms with Gasteiger partial charge < -0.3 is 24.3 Å². The number of rotatable bonds is 21. The van der Waals surface area contributed by atoms with Crippen LogP contribution in [0.15, 0.2) is 12.2 Å². The number of carbonyl (C=O) groups excluding carboxylic acids is 4. The maximum absolute atomic E-state index is 11.8. The zero-order valence-electron chi connectivity index (χ0n) is 22.6. The first-order valence-corrected chi connectivity index (χ1v) is 12.7. The molecule has 10 nitrogen and oxygen atoms in total. The van der Waals surface area contributed by atoms with Crippen LogP contribution >= 0.6 is 0 Å². The van der Waals surface area contributed by atoms with Gasteiger partial charge in [-0.1, -0.05) is 6.92 Å². The molecule has 1 heterocycles. The lowest BCUT2D eigenvalue weighted by Crippen LogP contribution is -2.35. The number of nitrogens with zero attached hydrogens (tertiary/aromatic N) is 1. The van der Waals surface area contributed by atoms with Gasteiger partial charge >= 0.3 is 0 Å². The van der Waals surface area contributed by atoms with E-state index in [2.05, 4.69) is 5.32 Å². The van der Waals surface area contributed by atoms with E-state index in [-0.39, 0.29) is 35.9 Å². The molecule has 0 aromatic heterocycles. The Morgan fingerprint density at radius 3 is 2.00 bits per heavy atom. The van der Waals surface area contributed by atoms with E-state index < -0.39 is 11.8 Å². The molecule has 206 valence electrons. The van der Waals surface area contributed by atoms with Gasteiger partial charge in [-0.05, 0) is 40.5 Å². The lowest BCUT2D eigenvalue weighted by atomic mass is 9.99. The molecular weight excluding hydrogens is 468 g/mol. The largest absolute Gasteiger partial charge is 0.377 e. The topological polar surface area (TPSA) is 120 Å². The molecule has 3 amide bonds. The van der Waals surface area contributed by atoms with E-state index in [0.29, 0.717) is 65.4 Å². The van der Waals surface area contributed by atoms with E-state index in [1.54, 1.807) is 0 Å². The van der Waals surface area contributed by atoms with Crippen LogP contribution in [-0.4, -0.2) is 92.3 Å². The third kappa shape index (κ3) is 14.4. The Kier molecular flexibility index (Phi) is 14.7. The van der Waals surface area contributed by atoms with Crippen LogP contribution in [0.4, 0.5) is 0 Å². The smallest absolute Gasteiger partial charge is 0.253 e. The molecule has 1 aliphatic heterocycles. The minimum atomic E-state index is -0.393. The molecule has 0 saturated carbocycles. The molecule has 1 N–H and O–H groups in total. The summed E-state index contributed by atoms with van der Waals surface area (Å²) >= 11 is 0. The Morgan fingerprint density at radius 2 is 1.36 bits per heavy atom. The van der Waals surface area contributed by atoms with Crippen molar-refractivity contribution in [3.05, 3.63) is 12.2 Å². The third-order valence-electron chi connectivity index (χ3n) is 5.72. The molecule has 36 heavy (non-hydrogen) atoms. The molecule has 1 rings (SSSR count). The summed E-state index contributed by atoms with van der Waals surface area (Å²) in [6.45, 7) is 12.9. The molecular formula is C26H44N2O8. The fourth-order valence-corrected chi connectivity index (χ4v) is 3.25. The first-order chi connectivity index (χ1) is 17.0. The van der Waals surface area contributed by atoms with Crippen LogP contribution < -0.4 is 5.32 Å². The fraction of sp³-hybridized carbons (Fsp3) is 0.769. The Labute approximate surface area is 215 Å². The molecule has 10 heteroatoms. The predicted octanol–water partition coefficient (Wildman–Crippen LogP) is 2.19. The summed E-state index contributed by atoms with van der Waals surface area (Å²) in [7, 11) is 0. The Morgan fingerprint density at radius 1 is 0.806 bits per heavy atom. The van der Waals surface area contributed by atoms with E-state index in [1.165, 1.54) is 12.2 Å². The summed E-state index contributed by atoms with van der Waals surface area (Å²) in [5, 5.41) is 2.68. The van der Waals surface area contributed by atoms with Crippen LogP contribution in [0.5, 0.6) is 0 Å². The van der Waals surface area contributed by atoms with E-state index in [1.807, 2.05) is 34.6 Å². The van der Waals surface area contributed by atoms with Crippen LogP contribution in [0.2, 0.25) is 0 Å². The highest BCUT2D eigenvalue weighted by atomic mass is 16.6. The molecule has 0 fully saturated rings. The number of imide groups is 1. The van der Waals surface area contributed by atoms with Crippen molar-refractivity contribution in [2.24, 2.45) is 0 Å². The number of nitrogens with one attached hydrogen (secondary N) is 1. The number of amides is 3. The summed E-state index contributed by atoms with van der Waals surface area (Å²) in [5.41, 5.74) is -0.682. The van der Waals surface area contributed by atoms with Gasteiger partial charge in [-0.15, -0.1) is 0 Å². The standard InChI is InChI=1S/C26H44N2O8/c1-6-21(29)9-11-25(2,3)35-15-12-26(4,5)36-20-19-34-18-17-33-16-13-27-22(30)10-14-28-23(31)7-8-24(28)32/h7-8H,6,9-20H2,1-5H3,(H,27,30). The van der Waals surface area contributed by atoms with Crippen molar-refractivity contribution in [2.75, 3.05) is 52.7 Å². The van der Waals surface area contributed by atoms with Crippen molar-refractivity contribution < 1.29 is 38.1 Å². The van der Waals surface area contributed by atoms with Gasteiger partial charge in [-0.2, -0.15) is 0 Å². The number of hydrogen-bond acceptors (Lipinski definition) is 8. The molecule has 0 saturated heterocycles. The third-order valence-corrected chi connectivity index (χ3v) is 5.72. The summed E-state index contributed by atoms with van der Waals surface area (Å²) in [5.74, 6) is -0.775. The summed E-state index contributed by atoms with van der Waals surface area (Å²) in [6.07, 6.45) is 5.00. The maximum Gasteiger partial charge on any atom is 0.253 e. The minimum Gasteiger partial charge on any atom is -0.377 e. The van der Waals surface area contributed by atoms with E-state index >= 15 is 0 Å². The molecule has 0 unspecified atom stereocenters. The second kappa shape index (κ2) is 16.6. The van der Waals surface area contributed by atoms with Crippen molar-refractivity contribution in [1.29, 1.82) is 0 Å². The molecule has 0 bridgehead atoms. The van der Waals surface area contributed by atoms with Crippen molar-refractivity contribution >= 4 is 23.5 Å². The molecule has 0 atom stereocenters. The first-order valence-electron chi connectivity index (χ1n) is 12.7. The number of Topliss-reactive ketones (excluding diaryl/α,β-unsaturated/α-hetero) is 1. The van der Waals surface area contributed by atoms with E-state index in [0.717, 1.165) is 11.3 Å². The highest BCUT2D eigenvalue weighted by molar-refractivity contribution is 6.13. The Balaban J connectivity index is 1.97. The van der Waals surface area contributed by atoms with Gasteiger partial charge in [-0.3, -0.25) is 24.1 Å². The monoisotopic (exact) mass is 512 g/mol. The van der Waals surface area contributed by atoms with Crippen LogP contribution in [0.3, 0.4) is 0 Å². The minimum absolute atomic E-state index is 0.0580. The van der Waals surface area contributed by atoms with Crippen LogP contribution in [0.25, 0.3) is 0 Å². The zero-order chi connectivity index (χ0) is 27.0. The maximum atomic E-state index is 11.8. The van der Waals surface area contributed by atoms with Crippen molar-refractivity contribution in [3.63, 3.8) is 0 Å². The normalized spacial score (nSPS) is 14.1. The lowest BCUT2D eigenvalue weighted by Gasteiger charge is -2.29. The van der Waals surface area contributed by atoms with E-state index in [4.69, 9.17) is 18.9 Å². The average Bonchev–Trinajstić information content (AvgIpc) is 3.14. The van der Waals surface area contributed by atoms with Gasteiger partial charge in [-0.25, -0.2) is 0 Å². The molecule has 0 aromatic rings. The van der Waals surface area contributed by atoms with Gasteiger partial charge in [0.05, 0.1) is 50.8 Å². The fourth-order valence-electron chi connectivity index (χ4n) is 3.25. The second-order valence-electron chi connectivity index (χ2n) is 9.84. The number of hydrogen-bond donors (Lipinski definition) is 1. The van der Waals surface area contributed by atoms with Gasteiger partial charge in [0.2, 0.25) is 5.91 Å². The molecule has 0 radical (unpaired) electrons. The van der Waals surface area contributed by atoms with Crippen molar-refractivity contribution in [2.45, 2.75) is 77.9 Å². The van der Waals surface area contributed by atoms with Gasteiger partial charge in [0.1, 0.15) is 5.78 Å². The predicted molar refractivity (Wildman–Crippen MR) is 134 cm³/mol. The summed E-state index contributed by atoms with van der Waals surface area (Å²) < 4.78 is 22.8. The number of ketones is 1. The quantitative estimate of drug-likeness (QED) is 0.184. The number of ether oxygens (including phenoxy) is 4. The number of carbonyl (C=O) groups is 4. The van der Waals surface area contributed by atoms with Crippen LogP contribution in [0, 0.1) is 0 Å². The highest BCUT2D eigenvalue weighted by Gasteiger charge is 2.24.